The van der Waals surface area contributed by atoms with E-state index in [2.05, 4.69) is 31.0 Å². The van der Waals surface area contributed by atoms with Gasteiger partial charge in [0.05, 0.1) is 5.69 Å². The van der Waals surface area contributed by atoms with Crippen LogP contribution in [0.3, 0.4) is 0 Å². The van der Waals surface area contributed by atoms with E-state index in [-0.39, 0.29) is 0 Å². The number of hydrogen-bond donors (Lipinski definition) is 1. The van der Waals surface area contributed by atoms with E-state index in [0.29, 0.717) is 6.04 Å². The summed E-state index contributed by atoms with van der Waals surface area (Å²) in [5.74, 6) is 2.29. The fourth-order valence-corrected chi connectivity index (χ4v) is 4.66. The SMILES string of the molecule is CNCc1sc(N2CC(C)CC(C)C2C)nc1C1CC1. The highest BCUT2D eigenvalue weighted by Gasteiger charge is 2.34. The predicted octanol–water partition coefficient (Wildman–Crippen LogP) is 3.61. The van der Waals surface area contributed by atoms with Gasteiger partial charge in [0.2, 0.25) is 0 Å². The van der Waals surface area contributed by atoms with Gasteiger partial charge in [-0.1, -0.05) is 13.8 Å². The average Bonchev–Trinajstić information content (AvgIpc) is 3.16. The van der Waals surface area contributed by atoms with Crippen LogP contribution in [-0.2, 0) is 6.54 Å². The zero-order valence-electron chi connectivity index (χ0n) is 13.1. The molecule has 1 aliphatic heterocycles. The van der Waals surface area contributed by atoms with Crippen LogP contribution in [0.25, 0.3) is 0 Å². The maximum Gasteiger partial charge on any atom is 0.186 e. The molecule has 3 unspecified atom stereocenters. The normalized spacial score (nSPS) is 30.8. The third-order valence-corrected chi connectivity index (χ3v) is 5.97. The lowest BCUT2D eigenvalue weighted by Gasteiger charge is -2.41. The molecule has 1 N–H and O–H groups in total. The monoisotopic (exact) mass is 293 g/mol. The molecule has 1 saturated heterocycles. The van der Waals surface area contributed by atoms with E-state index in [9.17, 15) is 0 Å². The van der Waals surface area contributed by atoms with Crippen LogP contribution < -0.4 is 10.2 Å². The largest absolute Gasteiger partial charge is 0.345 e. The summed E-state index contributed by atoms with van der Waals surface area (Å²) in [5, 5.41) is 4.57. The molecule has 1 aliphatic carbocycles. The number of piperidine rings is 1. The lowest BCUT2D eigenvalue weighted by Crippen LogP contribution is -2.45. The zero-order valence-corrected chi connectivity index (χ0v) is 14.0. The molecule has 3 atom stereocenters. The standard InChI is InChI=1S/C16H27N3S/c1-10-7-11(2)12(3)19(9-10)16-18-15(13-5-6-13)14(20-16)8-17-4/h10-13,17H,5-9H2,1-4H3. The maximum absolute atomic E-state index is 5.04. The van der Waals surface area contributed by atoms with Crippen LogP contribution in [-0.4, -0.2) is 24.6 Å². The van der Waals surface area contributed by atoms with E-state index in [1.165, 1.54) is 41.5 Å². The van der Waals surface area contributed by atoms with Crippen molar-refractivity contribution in [2.75, 3.05) is 18.5 Å². The molecule has 20 heavy (non-hydrogen) atoms. The van der Waals surface area contributed by atoms with Crippen LogP contribution in [0, 0.1) is 11.8 Å². The van der Waals surface area contributed by atoms with Crippen LogP contribution in [0.2, 0.25) is 0 Å². The van der Waals surface area contributed by atoms with Gasteiger partial charge in [-0.05, 0) is 45.1 Å². The van der Waals surface area contributed by atoms with E-state index >= 15 is 0 Å². The van der Waals surface area contributed by atoms with Gasteiger partial charge in [0.1, 0.15) is 0 Å². The summed E-state index contributed by atoms with van der Waals surface area (Å²) in [6, 6.07) is 0.617. The fraction of sp³-hybridized carbons (Fsp3) is 0.812. The smallest absolute Gasteiger partial charge is 0.186 e. The summed E-state index contributed by atoms with van der Waals surface area (Å²) in [7, 11) is 2.03. The molecular formula is C16H27N3S. The zero-order chi connectivity index (χ0) is 14.3. The van der Waals surface area contributed by atoms with E-state index in [1.807, 2.05) is 18.4 Å². The summed E-state index contributed by atoms with van der Waals surface area (Å²) in [4.78, 5) is 9.06. The molecule has 0 radical (unpaired) electrons. The molecule has 1 aromatic rings. The first-order valence-electron chi connectivity index (χ1n) is 8.01. The molecule has 0 spiro atoms. The summed E-state index contributed by atoms with van der Waals surface area (Å²) in [6.45, 7) is 9.27. The van der Waals surface area contributed by atoms with Crippen molar-refractivity contribution in [3.8, 4) is 0 Å². The van der Waals surface area contributed by atoms with E-state index < -0.39 is 0 Å². The summed E-state index contributed by atoms with van der Waals surface area (Å²) >= 11 is 1.92. The van der Waals surface area contributed by atoms with Gasteiger partial charge in [0.25, 0.3) is 0 Å². The van der Waals surface area contributed by atoms with E-state index in [4.69, 9.17) is 4.98 Å². The van der Waals surface area contributed by atoms with Crippen LogP contribution in [0.1, 0.15) is 56.5 Å². The number of aromatic nitrogens is 1. The van der Waals surface area contributed by atoms with Crippen molar-refractivity contribution in [3.63, 3.8) is 0 Å². The molecule has 1 saturated carbocycles. The summed E-state index contributed by atoms with van der Waals surface area (Å²) in [6.07, 6.45) is 4.02. The molecule has 2 fully saturated rings. The van der Waals surface area contributed by atoms with Gasteiger partial charge in [-0.15, -0.1) is 11.3 Å². The maximum atomic E-state index is 5.04. The Kier molecular flexibility index (Phi) is 4.04. The Hall–Kier alpha value is -0.610. The number of thiazole rings is 1. The van der Waals surface area contributed by atoms with Crippen molar-refractivity contribution in [2.24, 2.45) is 11.8 Å². The molecule has 2 heterocycles. The van der Waals surface area contributed by atoms with E-state index in [1.54, 1.807) is 0 Å². The third kappa shape index (κ3) is 2.73. The van der Waals surface area contributed by atoms with E-state index in [0.717, 1.165) is 24.3 Å². The first-order valence-corrected chi connectivity index (χ1v) is 8.82. The molecule has 2 aliphatic rings. The summed E-state index contributed by atoms with van der Waals surface area (Å²) < 4.78 is 0. The molecular weight excluding hydrogens is 266 g/mol. The van der Waals surface area contributed by atoms with Crippen molar-refractivity contribution < 1.29 is 0 Å². The van der Waals surface area contributed by atoms with Crippen molar-refractivity contribution in [1.29, 1.82) is 0 Å². The van der Waals surface area contributed by atoms with Crippen molar-refractivity contribution >= 4 is 16.5 Å². The average molecular weight is 293 g/mol. The molecule has 0 amide bonds. The van der Waals surface area contributed by atoms with Crippen LogP contribution in [0.15, 0.2) is 0 Å². The Morgan fingerprint density at radius 3 is 2.70 bits per heavy atom. The second-order valence-electron chi connectivity index (χ2n) is 6.82. The molecule has 0 bridgehead atoms. The Balaban J connectivity index is 1.86. The van der Waals surface area contributed by atoms with Gasteiger partial charge in [0.15, 0.2) is 5.13 Å². The number of anilines is 1. The van der Waals surface area contributed by atoms with Crippen molar-refractivity contribution in [2.45, 2.75) is 58.5 Å². The van der Waals surface area contributed by atoms with Gasteiger partial charge in [-0.3, -0.25) is 0 Å². The Labute approximate surface area is 126 Å². The number of nitrogens with one attached hydrogen (secondary N) is 1. The number of hydrogen-bond acceptors (Lipinski definition) is 4. The van der Waals surface area contributed by atoms with Crippen LogP contribution >= 0.6 is 11.3 Å². The minimum Gasteiger partial charge on any atom is -0.345 e. The van der Waals surface area contributed by atoms with Gasteiger partial charge in [-0.2, -0.15) is 0 Å². The molecule has 0 aromatic carbocycles. The van der Waals surface area contributed by atoms with Gasteiger partial charge < -0.3 is 10.2 Å². The van der Waals surface area contributed by atoms with Crippen LogP contribution in [0.4, 0.5) is 5.13 Å². The third-order valence-electron chi connectivity index (χ3n) is 4.86. The molecule has 3 nitrogen and oxygen atoms in total. The second kappa shape index (κ2) is 5.64. The topological polar surface area (TPSA) is 28.2 Å². The Morgan fingerprint density at radius 1 is 1.30 bits per heavy atom. The molecule has 3 rings (SSSR count). The highest BCUT2D eigenvalue weighted by molar-refractivity contribution is 7.15. The molecule has 4 heteroatoms. The number of nitrogens with zero attached hydrogens (tertiary/aromatic N) is 2. The lowest BCUT2D eigenvalue weighted by molar-refractivity contribution is 0.297. The summed E-state index contributed by atoms with van der Waals surface area (Å²) in [5.41, 5.74) is 1.39. The molecule has 1 aromatic heterocycles. The fourth-order valence-electron chi connectivity index (χ4n) is 3.40. The highest BCUT2D eigenvalue weighted by Crippen LogP contribution is 2.45. The van der Waals surface area contributed by atoms with Crippen molar-refractivity contribution in [3.05, 3.63) is 10.6 Å². The van der Waals surface area contributed by atoms with Gasteiger partial charge in [0, 0.05) is 29.9 Å². The van der Waals surface area contributed by atoms with Gasteiger partial charge in [-0.25, -0.2) is 4.98 Å². The number of rotatable bonds is 4. The first kappa shape index (κ1) is 14.3. The Morgan fingerprint density at radius 2 is 2.05 bits per heavy atom. The van der Waals surface area contributed by atoms with Gasteiger partial charge >= 0.3 is 0 Å². The second-order valence-corrected chi connectivity index (χ2v) is 7.88. The lowest BCUT2D eigenvalue weighted by atomic mass is 9.86. The Bertz CT molecular complexity index is 466. The quantitative estimate of drug-likeness (QED) is 0.919. The minimum atomic E-state index is 0.617. The predicted molar refractivity (Wildman–Crippen MR) is 86.6 cm³/mol. The van der Waals surface area contributed by atoms with Crippen LogP contribution in [0.5, 0.6) is 0 Å². The van der Waals surface area contributed by atoms with Crippen molar-refractivity contribution in [1.82, 2.24) is 10.3 Å². The molecule has 112 valence electrons. The first-order chi connectivity index (χ1) is 9.60. The highest BCUT2D eigenvalue weighted by atomic mass is 32.1. The minimum absolute atomic E-state index is 0.617.